The SMILES string of the molecule is CC(C(=O)N1CCN(c2ccc(S(=O)(=O)Nc3ccc(Cl)nn3)cc2)CC1)N1CCCc2cc(Cl)ccc21. The van der Waals surface area contributed by atoms with Gasteiger partial charge in [0.2, 0.25) is 5.91 Å². The standard InChI is InChI=1S/C26H28Cl2N6O3S/c1-18(34-12-2-3-19-17-20(27)4-9-23(19)34)26(35)33-15-13-32(14-16-33)21-5-7-22(8-6-21)38(36,37)31-25-11-10-24(28)29-30-25/h4-11,17-18H,2-3,12-16H2,1H3,(H,30,31). The third kappa shape index (κ3) is 5.67. The number of aryl methyl sites for hydroxylation is 1. The van der Waals surface area contributed by atoms with E-state index >= 15 is 0 Å². The second kappa shape index (κ2) is 11.0. The zero-order valence-corrected chi connectivity index (χ0v) is 23.2. The summed E-state index contributed by atoms with van der Waals surface area (Å²) in [4.78, 5) is 19.8. The van der Waals surface area contributed by atoms with Crippen LogP contribution in [0.15, 0.2) is 59.5 Å². The van der Waals surface area contributed by atoms with Gasteiger partial charge in [0.25, 0.3) is 10.0 Å². The Morgan fingerprint density at radius 2 is 1.68 bits per heavy atom. The summed E-state index contributed by atoms with van der Waals surface area (Å²) >= 11 is 11.9. The Bertz CT molecular complexity index is 1410. The van der Waals surface area contributed by atoms with E-state index in [0.29, 0.717) is 26.2 Å². The first-order valence-corrected chi connectivity index (χ1v) is 14.7. The molecule has 1 saturated heterocycles. The number of aromatic nitrogens is 2. The van der Waals surface area contributed by atoms with Crippen molar-refractivity contribution >= 4 is 56.3 Å². The van der Waals surface area contributed by atoms with Crippen LogP contribution in [-0.4, -0.2) is 68.2 Å². The van der Waals surface area contributed by atoms with Crippen molar-refractivity contribution in [1.82, 2.24) is 15.1 Å². The Hall–Kier alpha value is -3.08. The average molecular weight is 576 g/mol. The fourth-order valence-corrected chi connectivity index (χ4v) is 6.27. The van der Waals surface area contributed by atoms with Crippen LogP contribution in [0.2, 0.25) is 10.2 Å². The number of carbonyl (C=O) groups excluding carboxylic acids is 1. The van der Waals surface area contributed by atoms with Crippen LogP contribution in [0.4, 0.5) is 17.2 Å². The van der Waals surface area contributed by atoms with E-state index in [1.54, 1.807) is 24.3 Å². The van der Waals surface area contributed by atoms with Gasteiger partial charge in [-0.2, -0.15) is 0 Å². The van der Waals surface area contributed by atoms with E-state index in [9.17, 15) is 13.2 Å². The molecule has 2 aliphatic rings. The largest absolute Gasteiger partial charge is 0.368 e. The van der Waals surface area contributed by atoms with Gasteiger partial charge in [-0.05, 0) is 79.9 Å². The minimum absolute atomic E-state index is 0.0883. The molecule has 0 bridgehead atoms. The minimum Gasteiger partial charge on any atom is -0.368 e. The number of fused-ring (bicyclic) bond motifs is 1. The van der Waals surface area contributed by atoms with Crippen molar-refractivity contribution in [2.45, 2.75) is 30.7 Å². The summed E-state index contributed by atoms with van der Waals surface area (Å²) in [6.07, 6.45) is 1.96. The number of hydrogen-bond acceptors (Lipinski definition) is 7. The molecular weight excluding hydrogens is 547 g/mol. The van der Waals surface area contributed by atoms with Crippen LogP contribution in [-0.2, 0) is 21.2 Å². The van der Waals surface area contributed by atoms with Crippen molar-refractivity contribution in [2.75, 3.05) is 47.2 Å². The van der Waals surface area contributed by atoms with Gasteiger partial charge in [0, 0.05) is 49.1 Å². The van der Waals surface area contributed by atoms with Crippen LogP contribution >= 0.6 is 23.2 Å². The molecule has 5 rings (SSSR count). The van der Waals surface area contributed by atoms with E-state index in [4.69, 9.17) is 23.2 Å². The number of carbonyl (C=O) groups is 1. The Kier molecular flexibility index (Phi) is 7.65. The molecule has 3 heterocycles. The van der Waals surface area contributed by atoms with Gasteiger partial charge in [0.1, 0.15) is 6.04 Å². The smallest absolute Gasteiger partial charge is 0.263 e. The number of halogens is 2. The predicted molar refractivity (Wildman–Crippen MR) is 150 cm³/mol. The summed E-state index contributed by atoms with van der Waals surface area (Å²) in [6, 6.07) is 15.2. The summed E-state index contributed by atoms with van der Waals surface area (Å²) in [7, 11) is -3.82. The van der Waals surface area contributed by atoms with E-state index in [1.807, 2.05) is 30.0 Å². The van der Waals surface area contributed by atoms with Crippen LogP contribution < -0.4 is 14.5 Å². The van der Waals surface area contributed by atoms with Gasteiger partial charge in [-0.1, -0.05) is 23.2 Å². The van der Waals surface area contributed by atoms with Crippen molar-refractivity contribution < 1.29 is 13.2 Å². The highest BCUT2D eigenvalue weighted by atomic mass is 35.5. The maximum absolute atomic E-state index is 13.4. The van der Waals surface area contributed by atoms with Gasteiger partial charge >= 0.3 is 0 Å². The van der Waals surface area contributed by atoms with E-state index in [-0.39, 0.29) is 27.8 Å². The Morgan fingerprint density at radius 3 is 2.37 bits per heavy atom. The molecule has 3 aromatic rings. The number of hydrogen-bond donors (Lipinski definition) is 1. The normalized spacial score (nSPS) is 16.7. The van der Waals surface area contributed by atoms with Gasteiger partial charge in [0.05, 0.1) is 4.90 Å². The van der Waals surface area contributed by atoms with Gasteiger partial charge in [0.15, 0.2) is 11.0 Å². The zero-order valence-electron chi connectivity index (χ0n) is 20.8. The predicted octanol–water partition coefficient (Wildman–Crippen LogP) is 4.07. The molecular formula is C26H28Cl2N6O3S. The first kappa shape index (κ1) is 26.5. The van der Waals surface area contributed by atoms with E-state index in [0.717, 1.165) is 35.8 Å². The molecule has 2 aromatic carbocycles. The molecule has 1 aromatic heterocycles. The molecule has 9 nitrogen and oxygen atoms in total. The third-order valence-electron chi connectivity index (χ3n) is 7.00. The third-order valence-corrected chi connectivity index (χ3v) is 8.80. The summed E-state index contributed by atoms with van der Waals surface area (Å²) in [5.41, 5.74) is 3.18. The van der Waals surface area contributed by atoms with E-state index < -0.39 is 10.0 Å². The summed E-state index contributed by atoms with van der Waals surface area (Å²) in [5, 5.41) is 8.28. The highest BCUT2D eigenvalue weighted by Gasteiger charge is 2.31. The summed E-state index contributed by atoms with van der Waals surface area (Å²) < 4.78 is 27.8. The Labute approximate surface area is 232 Å². The van der Waals surface area contributed by atoms with Crippen LogP contribution in [0.5, 0.6) is 0 Å². The minimum atomic E-state index is -3.82. The maximum Gasteiger partial charge on any atom is 0.263 e. The molecule has 38 heavy (non-hydrogen) atoms. The van der Waals surface area contributed by atoms with E-state index in [2.05, 4.69) is 24.7 Å². The lowest BCUT2D eigenvalue weighted by Gasteiger charge is -2.41. The number of nitrogens with zero attached hydrogens (tertiary/aromatic N) is 5. The number of anilines is 3. The molecule has 200 valence electrons. The molecule has 0 aliphatic carbocycles. The fraction of sp³-hybridized carbons (Fsp3) is 0.346. The molecule has 0 saturated carbocycles. The van der Waals surface area contributed by atoms with Crippen molar-refractivity contribution in [2.24, 2.45) is 0 Å². The van der Waals surface area contributed by atoms with Gasteiger partial charge in [-0.15, -0.1) is 10.2 Å². The topological polar surface area (TPSA) is 98.7 Å². The second-order valence-electron chi connectivity index (χ2n) is 9.40. The van der Waals surface area contributed by atoms with Gasteiger partial charge in [-0.25, -0.2) is 8.42 Å². The number of sulfonamides is 1. The molecule has 0 radical (unpaired) electrons. The lowest BCUT2D eigenvalue weighted by molar-refractivity contribution is -0.132. The quantitative estimate of drug-likeness (QED) is 0.473. The van der Waals surface area contributed by atoms with Crippen molar-refractivity contribution in [3.05, 3.63) is 70.3 Å². The number of benzene rings is 2. The average Bonchev–Trinajstić information content (AvgIpc) is 2.93. The van der Waals surface area contributed by atoms with Gasteiger partial charge < -0.3 is 14.7 Å². The molecule has 1 N–H and O–H groups in total. The summed E-state index contributed by atoms with van der Waals surface area (Å²) in [6.45, 7) is 5.34. The van der Waals surface area contributed by atoms with Crippen LogP contribution in [0.3, 0.4) is 0 Å². The number of piperazine rings is 1. The van der Waals surface area contributed by atoms with Crippen molar-refractivity contribution in [1.29, 1.82) is 0 Å². The molecule has 12 heteroatoms. The van der Waals surface area contributed by atoms with Crippen LogP contribution in [0, 0.1) is 0 Å². The summed E-state index contributed by atoms with van der Waals surface area (Å²) in [5.74, 6) is 0.204. The zero-order chi connectivity index (χ0) is 26.9. The van der Waals surface area contributed by atoms with E-state index in [1.165, 1.54) is 17.7 Å². The monoisotopic (exact) mass is 574 g/mol. The fourth-order valence-electron chi connectivity index (χ4n) is 4.98. The Balaban J connectivity index is 1.19. The maximum atomic E-state index is 13.4. The first-order valence-electron chi connectivity index (χ1n) is 12.4. The molecule has 0 spiro atoms. The molecule has 1 amide bonds. The highest BCUT2D eigenvalue weighted by molar-refractivity contribution is 7.92. The lowest BCUT2D eigenvalue weighted by Crippen LogP contribution is -2.55. The van der Waals surface area contributed by atoms with Crippen LogP contribution in [0.1, 0.15) is 18.9 Å². The number of rotatable bonds is 6. The molecule has 1 fully saturated rings. The van der Waals surface area contributed by atoms with Crippen molar-refractivity contribution in [3.63, 3.8) is 0 Å². The first-order chi connectivity index (χ1) is 18.2. The molecule has 1 atom stereocenters. The number of amides is 1. The van der Waals surface area contributed by atoms with Crippen LogP contribution in [0.25, 0.3) is 0 Å². The molecule has 2 aliphatic heterocycles. The second-order valence-corrected chi connectivity index (χ2v) is 11.9. The Morgan fingerprint density at radius 1 is 0.947 bits per heavy atom. The number of nitrogens with one attached hydrogen (secondary N) is 1. The lowest BCUT2D eigenvalue weighted by atomic mass is 10.00. The van der Waals surface area contributed by atoms with Crippen molar-refractivity contribution in [3.8, 4) is 0 Å². The highest BCUT2D eigenvalue weighted by Crippen LogP contribution is 2.31. The molecule has 1 unspecified atom stereocenters. The van der Waals surface area contributed by atoms with Gasteiger partial charge in [-0.3, -0.25) is 9.52 Å².